The Bertz CT molecular complexity index is 1000. The second-order valence-corrected chi connectivity index (χ2v) is 8.02. The van der Waals surface area contributed by atoms with Gasteiger partial charge in [0.15, 0.2) is 5.16 Å². The molecule has 1 aromatic carbocycles. The summed E-state index contributed by atoms with van der Waals surface area (Å²) in [6.45, 7) is 6.45. The summed E-state index contributed by atoms with van der Waals surface area (Å²) in [5.41, 5.74) is 2.87. The maximum absolute atomic E-state index is 12.2. The number of rotatable bonds is 6. The van der Waals surface area contributed by atoms with Gasteiger partial charge in [0.2, 0.25) is 5.95 Å². The number of anilines is 1. The topological polar surface area (TPSA) is 78.0 Å². The van der Waals surface area contributed by atoms with E-state index < -0.39 is 0 Å². The van der Waals surface area contributed by atoms with E-state index in [4.69, 9.17) is 0 Å². The number of aromatic amines is 1. The van der Waals surface area contributed by atoms with Crippen molar-refractivity contribution in [1.82, 2.24) is 24.8 Å². The summed E-state index contributed by atoms with van der Waals surface area (Å²) in [5, 5.41) is 0.697. The minimum Gasteiger partial charge on any atom is -0.340 e. The smallest absolute Gasteiger partial charge is 0.252 e. The fraction of sp³-hybridized carbons (Fsp3) is 0.333. The molecule has 1 N–H and O–H groups in total. The standard InChI is InChI=1S/C21H24N6OS/c1-16-7-8-22-21(23-16)29-15-18-13-19(28)25-20(24-18)27-11-9-26(10-12-27)14-17-5-3-2-4-6-17/h2-8,13H,9-12,14-15H2,1H3,(H,24,25,28). The van der Waals surface area contributed by atoms with E-state index in [0.29, 0.717) is 16.9 Å². The van der Waals surface area contributed by atoms with E-state index in [9.17, 15) is 4.79 Å². The normalized spacial score (nSPS) is 14.9. The molecule has 1 aliphatic rings. The van der Waals surface area contributed by atoms with E-state index in [0.717, 1.165) is 44.1 Å². The molecule has 29 heavy (non-hydrogen) atoms. The third-order valence-corrected chi connectivity index (χ3v) is 5.72. The SMILES string of the molecule is Cc1ccnc(SCc2cc(=O)[nH]c(N3CCN(Cc4ccccc4)CC3)n2)n1. The summed E-state index contributed by atoms with van der Waals surface area (Å²) in [4.78, 5) is 32.9. The summed E-state index contributed by atoms with van der Waals surface area (Å²) in [5.74, 6) is 1.21. The van der Waals surface area contributed by atoms with Crippen molar-refractivity contribution in [2.75, 3.05) is 31.1 Å². The highest BCUT2D eigenvalue weighted by molar-refractivity contribution is 7.98. The molecule has 1 fully saturated rings. The third-order valence-electron chi connectivity index (χ3n) is 4.82. The van der Waals surface area contributed by atoms with Crippen LogP contribution in [0.15, 0.2) is 58.6 Å². The van der Waals surface area contributed by atoms with Crippen LogP contribution in [0.25, 0.3) is 0 Å². The van der Waals surface area contributed by atoms with Crippen LogP contribution in [0.3, 0.4) is 0 Å². The van der Waals surface area contributed by atoms with Crippen molar-refractivity contribution < 1.29 is 0 Å². The van der Waals surface area contributed by atoms with Crippen LogP contribution in [-0.4, -0.2) is 51.0 Å². The summed E-state index contributed by atoms with van der Waals surface area (Å²) in [6.07, 6.45) is 1.75. The molecule has 0 bridgehead atoms. The number of H-pyrrole nitrogens is 1. The van der Waals surface area contributed by atoms with Gasteiger partial charge in [-0.05, 0) is 18.6 Å². The van der Waals surface area contributed by atoms with Gasteiger partial charge >= 0.3 is 0 Å². The van der Waals surface area contributed by atoms with Crippen LogP contribution in [0.5, 0.6) is 0 Å². The predicted molar refractivity (Wildman–Crippen MR) is 115 cm³/mol. The molecule has 0 unspecified atom stereocenters. The van der Waals surface area contributed by atoms with Crippen molar-refractivity contribution in [1.29, 1.82) is 0 Å². The average molecular weight is 409 g/mol. The zero-order valence-corrected chi connectivity index (χ0v) is 17.2. The Balaban J connectivity index is 1.37. The number of hydrogen-bond acceptors (Lipinski definition) is 7. The minimum absolute atomic E-state index is 0.123. The van der Waals surface area contributed by atoms with Crippen molar-refractivity contribution in [3.63, 3.8) is 0 Å². The van der Waals surface area contributed by atoms with Crippen molar-refractivity contribution in [2.45, 2.75) is 24.4 Å². The van der Waals surface area contributed by atoms with Crippen molar-refractivity contribution in [3.05, 3.63) is 76.0 Å². The number of nitrogens with zero attached hydrogens (tertiary/aromatic N) is 5. The van der Waals surface area contributed by atoms with Crippen LogP contribution in [0.4, 0.5) is 5.95 Å². The fourth-order valence-corrected chi connectivity index (χ4v) is 4.08. The van der Waals surface area contributed by atoms with E-state index in [1.54, 1.807) is 12.3 Å². The van der Waals surface area contributed by atoms with Gasteiger partial charge < -0.3 is 4.90 Å². The molecule has 150 valence electrons. The minimum atomic E-state index is -0.123. The van der Waals surface area contributed by atoms with Crippen molar-refractivity contribution >= 4 is 17.7 Å². The molecule has 4 rings (SSSR count). The fourth-order valence-electron chi connectivity index (χ4n) is 3.31. The van der Waals surface area contributed by atoms with E-state index in [2.05, 4.69) is 54.0 Å². The van der Waals surface area contributed by atoms with E-state index in [1.165, 1.54) is 17.3 Å². The first-order chi connectivity index (χ1) is 14.2. The molecule has 0 aliphatic carbocycles. The Hall–Kier alpha value is -2.71. The number of thioether (sulfide) groups is 1. The summed E-state index contributed by atoms with van der Waals surface area (Å²) >= 11 is 1.49. The van der Waals surface area contributed by atoms with Crippen LogP contribution in [-0.2, 0) is 12.3 Å². The number of piperazine rings is 1. The maximum atomic E-state index is 12.2. The lowest BCUT2D eigenvalue weighted by Crippen LogP contribution is -2.47. The van der Waals surface area contributed by atoms with E-state index in [1.807, 2.05) is 19.1 Å². The molecule has 1 aliphatic heterocycles. The van der Waals surface area contributed by atoms with Gasteiger partial charge in [0.1, 0.15) is 0 Å². The zero-order valence-electron chi connectivity index (χ0n) is 16.4. The number of benzene rings is 1. The summed E-state index contributed by atoms with van der Waals surface area (Å²) < 4.78 is 0. The van der Waals surface area contributed by atoms with Crippen LogP contribution in [0, 0.1) is 6.92 Å². The molecule has 0 amide bonds. The summed E-state index contributed by atoms with van der Waals surface area (Å²) in [6, 6.07) is 13.9. The monoisotopic (exact) mass is 408 g/mol. The van der Waals surface area contributed by atoms with Gasteiger partial charge in [0, 0.05) is 56.4 Å². The quantitative estimate of drug-likeness (QED) is 0.496. The molecular formula is C21H24N6OS. The van der Waals surface area contributed by atoms with Gasteiger partial charge in [-0.2, -0.15) is 0 Å². The molecule has 0 radical (unpaired) electrons. The summed E-state index contributed by atoms with van der Waals surface area (Å²) in [7, 11) is 0. The molecule has 3 heterocycles. The Morgan fingerprint density at radius 2 is 1.86 bits per heavy atom. The van der Waals surface area contributed by atoms with Gasteiger partial charge in [-0.15, -0.1) is 0 Å². The molecule has 0 spiro atoms. The second kappa shape index (κ2) is 9.19. The first-order valence-electron chi connectivity index (χ1n) is 9.70. The van der Waals surface area contributed by atoms with Crippen LogP contribution in [0.2, 0.25) is 0 Å². The number of hydrogen-bond donors (Lipinski definition) is 1. The zero-order chi connectivity index (χ0) is 20.1. The second-order valence-electron chi connectivity index (χ2n) is 7.08. The Labute approximate surface area is 174 Å². The maximum Gasteiger partial charge on any atom is 0.252 e. The first kappa shape index (κ1) is 19.6. The Morgan fingerprint density at radius 1 is 1.07 bits per heavy atom. The molecular weight excluding hydrogens is 384 g/mol. The van der Waals surface area contributed by atoms with Gasteiger partial charge in [-0.1, -0.05) is 42.1 Å². The van der Waals surface area contributed by atoms with Crippen molar-refractivity contribution in [2.24, 2.45) is 0 Å². The van der Waals surface area contributed by atoms with E-state index >= 15 is 0 Å². The molecule has 1 saturated heterocycles. The Kier molecular flexibility index (Phi) is 6.21. The van der Waals surface area contributed by atoms with Gasteiger partial charge in [0.25, 0.3) is 5.56 Å². The molecule has 8 heteroatoms. The van der Waals surface area contributed by atoms with Crippen LogP contribution >= 0.6 is 11.8 Å². The lowest BCUT2D eigenvalue weighted by molar-refractivity contribution is 0.248. The Morgan fingerprint density at radius 3 is 2.62 bits per heavy atom. The highest BCUT2D eigenvalue weighted by Gasteiger charge is 2.19. The largest absolute Gasteiger partial charge is 0.340 e. The number of nitrogens with one attached hydrogen (secondary N) is 1. The lowest BCUT2D eigenvalue weighted by Gasteiger charge is -2.35. The number of aromatic nitrogens is 4. The molecule has 3 aromatic rings. The van der Waals surface area contributed by atoms with Gasteiger partial charge in [-0.25, -0.2) is 15.0 Å². The predicted octanol–water partition coefficient (Wildman–Crippen LogP) is 2.48. The lowest BCUT2D eigenvalue weighted by atomic mass is 10.2. The highest BCUT2D eigenvalue weighted by atomic mass is 32.2. The highest BCUT2D eigenvalue weighted by Crippen LogP contribution is 2.19. The average Bonchev–Trinajstić information content (AvgIpc) is 2.73. The molecule has 2 aromatic heterocycles. The molecule has 0 saturated carbocycles. The van der Waals surface area contributed by atoms with E-state index in [-0.39, 0.29) is 5.56 Å². The number of aryl methyl sites for hydroxylation is 1. The third kappa shape index (κ3) is 5.42. The van der Waals surface area contributed by atoms with Gasteiger partial charge in [0.05, 0.1) is 5.69 Å². The first-order valence-corrected chi connectivity index (χ1v) is 10.7. The molecule has 7 nitrogen and oxygen atoms in total. The van der Waals surface area contributed by atoms with Gasteiger partial charge in [-0.3, -0.25) is 14.7 Å². The van der Waals surface area contributed by atoms with Crippen LogP contribution < -0.4 is 10.5 Å². The van der Waals surface area contributed by atoms with Crippen LogP contribution in [0.1, 0.15) is 17.0 Å². The molecule has 0 atom stereocenters. The van der Waals surface area contributed by atoms with Crippen molar-refractivity contribution in [3.8, 4) is 0 Å².